The summed E-state index contributed by atoms with van der Waals surface area (Å²) < 4.78 is 6.58. The van der Waals surface area contributed by atoms with E-state index in [-0.39, 0.29) is 40.2 Å². The predicted octanol–water partition coefficient (Wildman–Crippen LogP) is 4.58. The van der Waals surface area contributed by atoms with Crippen LogP contribution in [-0.4, -0.2) is 33.4 Å². The molecule has 0 bridgehead atoms. The molecular formula is C27H25N3O4S. The smallest absolute Gasteiger partial charge is 0.266 e. The predicted molar refractivity (Wildman–Crippen MR) is 138 cm³/mol. The molecule has 0 radical (unpaired) electrons. The maximum atomic E-state index is 13.5. The number of aromatic nitrogens is 2. The Morgan fingerprint density at radius 3 is 2.37 bits per heavy atom. The van der Waals surface area contributed by atoms with Gasteiger partial charge < -0.3 is 15.2 Å². The number of hydrogen-bond acceptors (Lipinski definition) is 6. The number of amides is 1. The second-order valence-electron chi connectivity index (χ2n) is 7.90. The van der Waals surface area contributed by atoms with E-state index < -0.39 is 0 Å². The molecule has 1 aromatic heterocycles. The number of aromatic hydroxyl groups is 1. The first-order valence-electron chi connectivity index (χ1n) is 11.0. The van der Waals surface area contributed by atoms with Crippen LogP contribution in [0.25, 0.3) is 5.69 Å². The zero-order valence-corrected chi connectivity index (χ0v) is 20.2. The number of thioether (sulfide) groups is 1. The molecule has 7 nitrogen and oxygen atoms in total. The highest BCUT2D eigenvalue weighted by Crippen LogP contribution is 2.25. The lowest BCUT2D eigenvalue weighted by atomic mass is 10.1. The maximum absolute atomic E-state index is 13.5. The normalized spacial score (nSPS) is 10.7. The number of aryl methyl sites for hydroxylation is 1. The summed E-state index contributed by atoms with van der Waals surface area (Å²) in [6, 6.07) is 23.9. The van der Waals surface area contributed by atoms with E-state index in [0.717, 1.165) is 22.9 Å². The van der Waals surface area contributed by atoms with Gasteiger partial charge in [-0.2, -0.15) is 4.98 Å². The number of nitrogens with one attached hydrogen (secondary N) is 1. The summed E-state index contributed by atoms with van der Waals surface area (Å²) in [4.78, 5) is 30.4. The van der Waals surface area contributed by atoms with Crippen LogP contribution >= 0.6 is 11.8 Å². The van der Waals surface area contributed by atoms with E-state index in [0.29, 0.717) is 17.1 Å². The van der Waals surface area contributed by atoms with Gasteiger partial charge >= 0.3 is 0 Å². The van der Waals surface area contributed by atoms with Crippen molar-refractivity contribution in [3.63, 3.8) is 0 Å². The molecule has 35 heavy (non-hydrogen) atoms. The van der Waals surface area contributed by atoms with E-state index in [1.54, 1.807) is 31.4 Å². The lowest BCUT2D eigenvalue weighted by Gasteiger charge is -2.15. The molecule has 0 unspecified atom stereocenters. The number of ether oxygens (including phenoxy) is 1. The summed E-state index contributed by atoms with van der Waals surface area (Å²) in [6.07, 6.45) is 0.243. The zero-order chi connectivity index (χ0) is 24.8. The summed E-state index contributed by atoms with van der Waals surface area (Å²) in [6.45, 7) is 1.96. The number of benzene rings is 3. The van der Waals surface area contributed by atoms with Crippen LogP contribution in [-0.2, 0) is 11.2 Å². The molecule has 4 aromatic rings. The first-order valence-corrected chi connectivity index (χ1v) is 12.0. The lowest BCUT2D eigenvalue weighted by Crippen LogP contribution is -2.26. The third-order valence-electron chi connectivity index (χ3n) is 5.35. The highest BCUT2D eigenvalue weighted by molar-refractivity contribution is 7.99. The molecule has 3 aromatic carbocycles. The van der Waals surface area contributed by atoms with Crippen molar-refractivity contribution < 1.29 is 14.6 Å². The van der Waals surface area contributed by atoms with E-state index in [4.69, 9.17) is 4.74 Å². The quantitative estimate of drug-likeness (QED) is 0.279. The molecule has 2 N–H and O–H groups in total. The fourth-order valence-corrected chi connectivity index (χ4v) is 4.30. The molecule has 0 aliphatic carbocycles. The molecule has 8 heteroatoms. The van der Waals surface area contributed by atoms with Crippen molar-refractivity contribution in [2.45, 2.75) is 18.5 Å². The number of carbonyl (C=O) groups excluding carboxylic acids is 1. The number of carbonyl (C=O) groups is 1. The Morgan fingerprint density at radius 2 is 1.71 bits per heavy atom. The summed E-state index contributed by atoms with van der Waals surface area (Å²) in [5.41, 5.74) is 3.00. The Bertz CT molecular complexity index is 1370. The Labute approximate surface area is 207 Å². The summed E-state index contributed by atoms with van der Waals surface area (Å²) in [5, 5.41) is 13.7. The second kappa shape index (κ2) is 10.9. The zero-order valence-electron chi connectivity index (χ0n) is 19.4. The van der Waals surface area contributed by atoms with Crippen LogP contribution < -0.4 is 15.6 Å². The van der Waals surface area contributed by atoms with Crippen LogP contribution in [0.5, 0.6) is 11.6 Å². The Morgan fingerprint density at radius 1 is 1.03 bits per heavy atom. The van der Waals surface area contributed by atoms with Crippen LogP contribution in [0.2, 0.25) is 0 Å². The standard InChI is InChI=1S/C27H25N3O4S/c1-18-8-12-21(13-9-18)30-26(33)23(16-19-6-4-3-5-7-19)25(32)29-27(30)35-17-24(31)28-20-10-14-22(34-2)15-11-20/h3-15,32H,16-17H2,1-2H3,(H,28,31). The minimum Gasteiger partial charge on any atom is -0.497 e. The lowest BCUT2D eigenvalue weighted by molar-refractivity contribution is -0.113. The highest BCUT2D eigenvalue weighted by atomic mass is 32.2. The molecule has 4 rings (SSSR count). The average Bonchev–Trinajstić information content (AvgIpc) is 2.87. The topological polar surface area (TPSA) is 93.5 Å². The van der Waals surface area contributed by atoms with E-state index >= 15 is 0 Å². The second-order valence-corrected chi connectivity index (χ2v) is 8.84. The first-order chi connectivity index (χ1) is 16.9. The van der Waals surface area contributed by atoms with Crippen molar-refractivity contribution >= 4 is 23.4 Å². The molecule has 1 heterocycles. The van der Waals surface area contributed by atoms with Gasteiger partial charge in [-0.15, -0.1) is 0 Å². The fraction of sp³-hybridized carbons (Fsp3) is 0.148. The molecule has 0 atom stereocenters. The van der Waals surface area contributed by atoms with Gasteiger partial charge in [0.05, 0.1) is 24.1 Å². The SMILES string of the molecule is COc1ccc(NC(=O)CSc2nc(O)c(Cc3ccccc3)c(=O)n2-c2ccc(C)cc2)cc1. The third kappa shape index (κ3) is 5.91. The monoisotopic (exact) mass is 487 g/mol. The van der Waals surface area contributed by atoms with Crippen molar-refractivity contribution in [2.24, 2.45) is 0 Å². The molecule has 0 saturated heterocycles. The molecule has 0 aliphatic heterocycles. The number of rotatable bonds is 8. The summed E-state index contributed by atoms with van der Waals surface area (Å²) >= 11 is 1.08. The van der Waals surface area contributed by atoms with Gasteiger partial charge in [0.15, 0.2) is 5.16 Å². The Kier molecular flexibility index (Phi) is 7.52. The van der Waals surface area contributed by atoms with Gasteiger partial charge in [-0.05, 0) is 48.9 Å². The summed E-state index contributed by atoms with van der Waals surface area (Å²) in [7, 11) is 1.57. The minimum absolute atomic E-state index is 0.00179. The Hall–Kier alpha value is -4.04. The molecule has 178 valence electrons. The van der Waals surface area contributed by atoms with Crippen LogP contribution in [0, 0.1) is 6.92 Å². The molecule has 0 spiro atoms. The number of anilines is 1. The van der Waals surface area contributed by atoms with Gasteiger partial charge in [0.25, 0.3) is 5.56 Å². The molecule has 0 fully saturated rings. The summed E-state index contributed by atoms with van der Waals surface area (Å²) in [5.74, 6) is 0.0923. The molecule has 1 amide bonds. The van der Waals surface area contributed by atoms with Crippen molar-refractivity contribution in [2.75, 3.05) is 18.2 Å². The van der Waals surface area contributed by atoms with Gasteiger partial charge in [0, 0.05) is 12.1 Å². The van der Waals surface area contributed by atoms with E-state index in [1.165, 1.54) is 4.57 Å². The average molecular weight is 488 g/mol. The first kappa shape index (κ1) is 24.1. The number of hydrogen-bond donors (Lipinski definition) is 2. The van der Waals surface area contributed by atoms with E-state index in [9.17, 15) is 14.7 Å². The van der Waals surface area contributed by atoms with Crippen molar-refractivity contribution in [1.29, 1.82) is 0 Å². The van der Waals surface area contributed by atoms with Crippen LogP contribution in [0.1, 0.15) is 16.7 Å². The maximum Gasteiger partial charge on any atom is 0.266 e. The van der Waals surface area contributed by atoms with Crippen LogP contribution in [0.3, 0.4) is 0 Å². The number of methoxy groups -OCH3 is 1. The third-order valence-corrected chi connectivity index (χ3v) is 6.28. The fourth-order valence-electron chi connectivity index (χ4n) is 3.50. The van der Waals surface area contributed by atoms with Crippen LogP contribution in [0.4, 0.5) is 5.69 Å². The van der Waals surface area contributed by atoms with Gasteiger partial charge in [-0.25, -0.2) is 0 Å². The number of nitrogens with zero attached hydrogens (tertiary/aromatic N) is 2. The minimum atomic E-state index is -0.372. The molecular weight excluding hydrogens is 462 g/mol. The highest BCUT2D eigenvalue weighted by Gasteiger charge is 2.19. The largest absolute Gasteiger partial charge is 0.497 e. The van der Waals surface area contributed by atoms with Crippen molar-refractivity contribution in [3.05, 3.63) is 106 Å². The van der Waals surface area contributed by atoms with Gasteiger partial charge in [-0.1, -0.05) is 59.8 Å². The van der Waals surface area contributed by atoms with Gasteiger partial charge in [0.1, 0.15) is 5.75 Å². The van der Waals surface area contributed by atoms with E-state index in [1.807, 2.05) is 61.5 Å². The van der Waals surface area contributed by atoms with Crippen molar-refractivity contribution in [3.8, 4) is 17.3 Å². The van der Waals surface area contributed by atoms with E-state index in [2.05, 4.69) is 10.3 Å². The Balaban J connectivity index is 1.62. The van der Waals surface area contributed by atoms with Gasteiger partial charge in [0.2, 0.25) is 11.8 Å². The van der Waals surface area contributed by atoms with Crippen molar-refractivity contribution in [1.82, 2.24) is 9.55 Å². The van der Waals surface area contributed by atoms with Crippen LogP contribution in [0.15, 0.2) is 88.8 Å². The molecule has 0 saturated carbocycles. The van der Waals surface area contributed by atoms with Gasteiger partial charge in [-0.3, -0.25) is 14.2 Å². The molecule has 0 aliphatic rings.